The number of rotatable bonds is 8. The van der Waals surface area contributed by atoms with E-state index in [1.54, 1.807) is 87.0 Å². The van der Waals surface area contributed by atoms with Crippen LogP contribution in [0.15, 0.2) is 72.8 Å². The molecular formula is C23H22N2O5. The Balaban J connectivity index is 1.63. The van der Waals surface area contributed by atoms with Crippen LogP contribution in [0.5, 0.6) is 17.2 Å². The average molecular weight is 406 g/mol. The second kappa shape index (κ2) is 9.97. The average Bonchev–Trinajstić information content (AvgIpc) is 2.78. The van der Waals surface area contributed by atoms with Crippen LogP contribution in [-0.4, -0.2) is 32.6 Å². The molecule has 0 saturated carbocycles. The lowest BCUT2D eigenvalue weighted by molar-refractivity contribution is -0.118. The van der Waals surface area contributed by atoms with Gasteiger partial charge in [-0.25, -0.2) is 0 Å². The molecule has 0 atom stereocenters. The molecule has 0 heterocycles. The summed E-state index contributed by atoms with van der Waals surface area (Å²) in [6, 6.07) is 20.7. The number of hydrogen-bond donors (Lipinski definition) is 2. The Morgan fingerprint density at radius 1 is 0.767 bits per heavy atom. The summed E-state index contributed by atoms with van der Waals surface area (Å²) in [5.74, 6) is 1.10. The molecule has 0 aliphatic heterocycles. The first-order chi connectivity index (χ1) is 14.6. The molecule has 3 aromatic carbocycles. The van der Waals surface area contributed by atoms with E-state index in [1.807, 2.05) is 0 Å². The van der Waals surface area contributed by atoms with E-state index < -0.39 is 0 Å². The molecule has 0 aliphatic rings. The zero-order valence-corrected chi connectivity index (χ0v) is 16.7. The minimum Gasteiger partial charge on any atom is -0.497 e. The largest absolute Gasteiger partial charge is 0.497 e. The van der Waals surface area contributed by atoms with Crippen LogP contribution in [0.25, 0.3) is 0 Å². The molecule has 3 aromatic rings. The number of nitrogens with one attached hydrogen (secondary N) is 2. The molecule has 0 aliphatic carbocycles. The van der Waals surface area contributed by atoms with Crippen molar-refractivity contribution in [1.29, 1.82) is 0 Å². The van der Waals surface area contributed by atoms with Gasteiger partial charge in [0, 0.05) is 11.8 Å². The van der Waals surface area contributed by atoms with E-state index in [4.69, 9.17) is 14.2 Å². The maximum atomic E-state index is 12.7. The summed E-state index contributed by atoms with van der Waals surface area (Å²) in [4.78, 5) is 25.0. The molecule has 2 amide bonds. The molecule has 154 valence electrons. The number of para-hydroxylation sites is 1. The second-order valence-electron chi connectivity index (χ2n) is 6.24. The Kier molecular flexibility index (Phi) is 6.89. The predicted molar refractivity (Wildman–Crippen MR) is 115 cm³/mol. The van der Waals surface area contributed by atoms with Gasteiger partial charge in [-0.15, -0.1) is 0 Å². The maximum absolute atomic E-state index is 12.7. The fourth-order valence-electron chi connectivity index (χ4n) is 2.69. The summed E-state index contributed by atoms with van der Waals surface area (Å²) in [5, 5.41) is 5.52. The lowest BCUT2D eigenvalue weighted by Gasteiger charge is -2.12. The van der Waals surface area contributed by atoms with Crippen molar-refractivity contribution in [2.75, 3.05) is 31.5 Å². The van der Waals surface area contributed by atoms with E-state index in [0.717, 1.165) is 0 Å². The van der Waals surface area contributed by atoms with Crippen molar-refractivity contribution in [1.82, 2.24) is 0 Å². The number of carbonyl (C=O) groups excluding carboxylic acids is 2. The minimum atomic E-state index is -0.387. The normalized spacial score (nSPS) is 10.1. The van der Waals surface area contributed by atoms with Crippen molar-refractivity contribution in [3.8, 4) is 17.2 Å². The van der Waals surface area contributed by atoms with Crippen molar-refractivity contribution in [3.05, 3.63) is 78.4 Å². The van der Waals surface area contributed by atoms with Crippen LogP contribution in [0.3, 0.4) is 0 Å². The summed E-state index contributed by atoms with van der Waals surface area (Å²) < 4.78 is 15.7. The van der Waals surface area contributed by atoms with Crippen LogP contribution in [-0.2, 0) is 4.79 Å². The first-order valence-corrected chi connectivity index (χ1v) is 9.20. The lowest BCUT2D eigenvalue weighted by Crippen LogP contribution is -2.22. The molecule has 0 radical (unpaired) electrons. The van der Waals surface area contributed by atoms with Gasteiger partial charge in [0.1, 0.15) is 17.2 Å². The summed E-state index contributed by atoms with van der Waals surface area (Å²) in [6.45, 7) is -0.207. The second-order valence-corrected chi connectivity index (χ2v) is 6.24. The predicted octanol–water partition coefficient (Wildman–Crippen LogP) is 3.97. The molecule has 2 N–H and O–H groups in total. The van der Waals surface area contributed by atoms with Crippen molar-refractivity contribution in [3.63, 3.8) is 0 Å². The Morgan fingerprint density at radius 2 is 1.47 bits per heavy atom. The Labute approximate surface area is 174 Å². The summed E-state index contributed by atoms with van der Waals surface area (Å²) >= 11 is 0. The summed E-state index contributed by atoms with van der Waals surface area (Å²) in [5.41, 5.74) is 1.34. The first-order valence-electron chi connectivity index (χ1n) is 9.20. The molecule has 7 nitrogen and oxygen atoms in total. The highest BCUT2D eigenvalue weighted by Crippen LogP contribution is 2.21. The number of ether oxygens (including phenoxy) is 3. The number of amides is 2. The van der Waals surface area contributed by atoms with Gasteiger partial charge in [-0.05, 0) is 48.5 Å². The standard InChI is InChI=1S/C23H22N2O5/c1-28-17-12-10-16(11-13-17)24-23(27)20-8-3-4-9-21(20)25-22(26)15-30-19-7-5-6-18(14-19)29-2/h3-14H,15H2,1-2H3,(H,24,27)(H,25,26). The summed E-state index contributed by atoms with van der Waals surface area (Å²) in [7, 11) is 3.13. The zero-order valence-electron chi connectivity index (χ0n) is 16.7. The maximum Gasteiger partial charge on any atom is 0.262 e. The molecule has 0 unspecified atom stereocenters. The topological polar surface area (TPSA) is 85.9 Å². The van der Waals surface area contributed by atoms with Gasteiger partial charge in [0.2, 0.25) is 0 Å². The SMILES string of the molecule is COc1ccc(NC(=O)c2ccccc2NC(=O)COc2cccc(OC)c2)cc1. The Bertz CT molecular complexity index is 1020. The minimum absolute atomic E-state index is 0.207. The van der Waals surface area contributed by atoms with E-state index in [-0.39, 0.29) is 18.4 Å². The number of methoxy groups -OCH3 is 2. The molecular weight excluding hydrogens is 384 g/mol. The third-order valence-electron chi connectivity index (χ3n) is 4.20. The molecule has 0 spiro atoms. The van der Waals surface area contributed by atoms with Crippen LogP contribution < -0.4 is 24.8 Å². The van der Waals surface area contributed by atoms with Gasteiger partial charge in [-0.1, -0.05) is 18.2 Å². The van der Waals surface area contributed by atoms with Crippen LogP contribution in [0.1, 0.15) is 10.4 Å². The summed E-state index contributed by atoms with van der Waals surface area (Å²) in [6.07, 6.45) is 0. The van der Waals surface area contributed by atoms with Gasteiger partial charge in [0.25, 0.3) is 11.8 Å². The van der Waals surface area contributed by atoms with Crippen molar-refractivity contribution in [2.24, 2.45) is 0 Å². The Hall–Kier alpha value is -4.00. The van der Waals surface area contributed by atoms with Gasteiger partial charge < -0.3 is 24.8 Å². The highest BCUT2D eigenvalue weighted by Gasteiger charge is 2.14. The van der Waals surface area contributed by atoms with Crippen LogP contribution in [0, 0.1) is 0 Å². The van der Waals surface area contributed by atoms with E-state index in [2.05, 4.69) is 10.6 Å². The monoisotopic (exact) mass is 406 g/mol. The highest BCUT2D eigenvalue weighted by molar-refractivity contribution is 6.10. The van der Waals surface area contributed by atoms with Crippen LogP contribution in [0.4, 0.5) is 11.4 Å². The van der Waals surface area contributed by atoms with E-state index in [1.165, 1.54) is 0 Å². The van der Waals surface area contributed by atoms with Gasteiger partial charge in [0.15, 0.2) is 6.61 Å². The fourth-order valence-corrected chi connectivity index (χ4v) is 2.69. The molecule has 30 heavy (non-hydrogen) atoms. The number of carbonyl (C=O) groups is 2. The van der Waals surface area contributed by atoms with E-state index in [9.17, 15) is 9.59 Å². The highest BCUT2D eigenvalue weighted by atomic mass is 16.5. The van der Waals surface area contributed by atoms with Crippen molar-refractivity contribution < 1.29 is 23.8 Å². The van der Waals surface area contributed by atoms with Crippen LogP contribution in [0.2, 0.25) is 0 Å². The lowest BCUT2D eigenvalue weighted by atomic mass is 10.1. The van der Waals surface area contributed by atoms with Crippen molar-refractivity contribution in [2.45, 2.75) is 0 Å². The number of hydrogen-bond acceptors (Lipinski definition) is 5. The third kappa shape index (κ3) is 5.51. The number of anilines is 2. The van der Waals surface area contributed by atoms with Gasteiger partial charge in [0.05, 0.1) is 25.5 Å². The van der Waals surface area contributed by atoms with Crippen molar-refractivity contribution >= 4 is 23.2 Å². The quantitative estimate of drug-likeness (QED) is 0.591. The molecule has 0 fully saturated rings. The smallest absolute Gasteiger partial charge is 0.262 e. The molecule has 3 rings (SSSR count). The third-order valence-corrected chi connectivity index (χ3v) is 4.20. The van der Waals surface area contributed by atoms with Gasteiger partial charge >= 0.3 is 0 Å². The van der Waals surface area contributed by atoms with E-state index >= 15 is 0 Å². The molecule has 0 saturated heterocycles. The number of benzene rings is 3. The fraction of sp³-hybridized carbons (Fsp3) is 0.130. The van der Waals surface area contributed by atoms with Gasteiger partial charge in [-0.2, -0.15) is 0 Å². The molecule has 7 heteroatoms. The van der Waals surface area contributed by atoms with E-state index in [0.29, 0.717) is 34.2 Å². The zero-order chi connectivity index (χ0) is 21.3. The van der Waals surface area contributed by atoms with Gasteiger partial charge in [-0.3, -0.25) is 9.59 Å². The first kappa shape index (κ1) is 20.7. The Morgan fingerprint density at radius 3 is 2.20 bits per heavy atom. The molecule has 0 bridgehead atoms. The van der Waals surface area contributed by atoms with Crippen LogP contribution >= 0.6 is 0 Å². The molecule has 0 aromatic heterocycles.